The average Bonchev–Trinajstić information content (AvgIpc) is 2.40. The van der Waals surface area contributed by atoms with Gasteiger partial charge in [0.25, 0.3) is 0 Å². The van der Waals surface area contributed by atoms with Gasteiger partial charge in [0.2, 0.25) is 0 Å². The summed E-state index contributed by atoms with van der Waals surface area (Å²) in [7, 11) is -3.02. The molecule has 3 unspecified atom stereocenters. The number of hydrogen-bond acceptors (Lipinski definition) is 3. The Labute approximate surface area is 136 Å². The molecule has 1 aromatic carbocycles. The predicted octanol–water partition coefficient (Wildman–Crippen LogP) is 3.85. The number of benzene rings is 1. The molecule has 1 aromatic rings. The Morgan fingerprint density at radius 2 is 2.00 bits per heavy atom. The normalized spacial score (nSPS) is 25.4. The lowest BCUT2D eigenvalue weighted by atomic mass is 9.82. The zero-order valence-corrected chi connectivity index (χ0v) is 15.2. The first-order chi connectivity index (χ1) is 9.29. The van der Waals surface area contributed by atoms with Crippen molar-refractivity contribution in [1.82, 2.24) is 0 Å². The molecular weight excluding hydrogens is 408 g/mol. The molecular formula is C14H18Br2O3S. The molecule has 0 spiro atoms. The highest BCUT2D eigenvalue weighted by Gasteiger charge is 2.33. The minimum absolute atomic E-state index is 0.00549. The minimum Gasteiger partial charge on any atom is -0.388 e. The molecule has 6 heteroatoms. The Hall–Kier alpha value is 0.0900. The van der Waals surface area contributed by atoms with E-state index in [9.17, 15) is 13.5 Å². The van der Waals surface area contributed by atoms with Crippen LogP contribution in [0.2, 0.25) is 0 Å². The van der Waals surface area contributed by atoms with Crippen molar-refractivity contribution in [3.8, 4) is 0 Å². The Bertz CT molecular complexity index is 586. The molecule has 3 atom stereocenters. The summed E-state index contributed by atoms with van der Waals surface area (Å²) in [4.78, 5) is 0. The fraction of sp³-hybridized carbons (Fsp3) is 0.571. The highest BCUT2D eigenvalue weighted by molar-refractivity contribution is 9.11. The van der Waals surface area contributed by atoms with E-state index < -0.39 is 15.9 Å². The molecule has 0 bridgehead atoms. The third kappa shape index (κ3) is 3.84. The van der Waals surface area contributed by atoms with Crippen molar-refractivity contribution in [3.63, 3.8) is 0 Å². The Morgan fingerprint density at radius 1 is 1.30 bits per heavy atom. The molecule has 0 amide bonds. The predicted molar refractivity (Wildman–Crippen MR) is 87.4 cm³/mol. The van der Waals surface area contributed by atoms with Crippen molar-refractivity contribution in [2.75, 3.05) is 6.26 Å². The standard InChI is InChI=1S/C14H18Br2O3S/c1-20(18,19)11-4-2-3-9(7-11)14(17)12-8-10(15)5-6-13(12)16/h5-6,8-9,11,14,17H,2-4,7H2,1H3. The van der Waals surface area contributed by atoms with Crippen molar-refractivity contribution in [2.24, 2.45) is 5.92 Å². The van der Waals surface area contributed by atoms with Gasteiger partial charge in [0, 0.05) is 15.2 Å². The van der Waals surface area contributed by atoms with Gasteiger partial charge in [-0.1, -0.05) is 38.3 Å². The highest BCUT2D eigenvalue weighted by Crippen LogP contribution is 2.39. The van der Waals surface area contributed by atoms with Gasteiger partial charge in [-0.2, -0.15) is 0 Å². The van der Waals surface area contributed by atoms with Gasteiger partial charge in [0.05, 0.1) is 11.4 Å². The van der Waals surface area contributed by atoms with Gasteiger partial charge in [-0.15, -0.1) is 0 Å². The van der Waals surface area contributed by atoms with E-state index >= 15 is 0 Å². The second kappa shape index (κ2) is 6.46. The molecule has 0 aliphatic heterocycles. The lowest BCUT2D eigenvalue weighted by Gasteiger charge is -2.31. The molecule has 1 fully saturated rings. The first-order valence-corrected chi connectivity index (χ1v) is 10.1. The van der Waals surface area contributed by atoms with Crippen LogP contribution < -0.4 is 0 Å². The molecule has 0 saturated heterocycles. The van der Waals surface area contributed by atoms with E-state index in [2.05, 4.69) is 31.9 Å². The van der Waals surface area contributed by atoms with Crippen LogP contribution in [0.5, 0.6) is 0 Å². The summed E-state index contributed by atoms with van der Waals surface area (Å²) in [5.41, 5.74) is 0.818. The fourth-order valence-corrected chi connectivity index (χ4v) is 4.90. The van der Waals surface area contributed by atoms with Gasteiger partial charge in [-0.25, -0.2) is 8.42 Å². The average molecular weight is 426 g/mol. The molecule has 1 saturated carbocycles. The minimum atomic E-state index is -3.02. The lowest BCUT2D eigenvalue weighted by molar-refractivity contribution is 0.0850. The van der Waals surface area contributed by atoms with Crippen LogP contribution in [0.25, 0.3) is 0 Å². The van der Waals surface area contributed by atoms with Crippen LogP contribution in [0, 0.1) is 5.92 Å². The van der Waals surface area contributed by atoms with Gasteiger partial charge < -0.3 is 5.11 Å². The topological polar surface area (TPSA) is 54.4 Å². The van der Waals surface area contributed by atoms with E-state index in [0.717, 1.165) is 27.4 Å². The van der Waals surface area contributed by atoms with Crippen LogP contribution in [-0.2, 0) is 9.84 Å². The second-order valence-corrected chi connectivity index (χ2v) is 9.58. The van der Waals surface area contributed by atoms with Crippen molar-refractivity contribution in [2.45, 2.75) is 37.0 Å². The van der Waals surface area contributed by atoms with Gasteiger partial charge in [0.15, 0.2) is 0 Å². The summed E-state index contributed by atoms with van der Waals surface area (Å²) in [5, 5.41) is 10.3. The second-order valence-electron chi connectivity index (χ2n) is 5.49. The summed E-state index contributed by atoms with van der Waals surface area (Å²) in [5.74, 6) is -0.00549. The van der Waals surface area contributed by atoms with Gasteiger partial charge >= 0.3 is 0 Å². The zero-order valence-electron chi connectivity index (χ0n) is 11.2. The van der Waals surface area contributed by atoms with E-state index in [0.29, 0.717) is 12.8 Å². The van der Waals surface area contributed by atoms with E-state index in [1.165, 1.54) is 6.26 Å². The number of aliphatic hydroxyl groups is 1. The van der Waals surface area contributed by atoms with Gasteiger partial charge in [-0.05, 0) is 48.9 Å². The molecule has 112 valence electrons. The summed E-state index contributed by atoms with van der Waals surface area (Å²) in [6, 6.07) is 5.68. The zero-order chi connectivity index (χ0) is 14.9. The van der Waals surface area contributed by atoms with Gasteiger partial charge in [-0.3, -0.25) is 0 Å². The number of aliphatic hydroxyl groups excluding tert-OH is 1. The van der Waals surface area contributed by atoms with Crippen molar-refractivity contribution < 1.29 is 13.5 Å². The first kappa shape index (κ1) is 16.5. The molecule has 1 N–H and O–H groups in total. The molecule has 2 rings (SSSR count). The molecule has 20 heavy (non-hydrogen) atoms. The molecule has 0 radical (unpaired) electrons. The van der Waals surface area contributed by atoms with Crippen LogP contribution in [-0.4, -0.2) is 25.0 Å². The lowest BCUT2D eigenvalue weighted by Crippen LogP contribution is -2.30. The number of hydrogen-bond donors (Lipinski definition) is 1. The van der Waals surface area contributed by atoms with Crippen molar-refractivity contribution >= 4 is 41.7 Å². The monoisotopic (exact) mass is 424 g/mol. The van der Waals surface area contributed by atoms with E-state index in [-0.39, 0.29) is 11.2 Å². The Kier molecular flexibility index (Phi) is 5.32. The largest absolute Gasteiger partial charge is 0.388 e. The van der Waals surface area contributed by atoms with E-state index in [4.69, 9.17) is 0 Å². The Balaban J connectivity index is 2.20. The van der Waals surface area contributed by atoms with Crippen LogP contribution >= 0.6 is 31.9 Å². The SMILES string of the molecule is CS(=O)(=O)C1CCCC(C(O)c2cc(Br)ccc2Br)C1. The molecule has 3 nitrogen and oxygen atoms in total. The van der Waals surface area contributed by atoms with Crippen LogP contribution in [0.1, 0.15) is 37.4 Å². The van der Waals surface area contributed by atoms with Gasteiger partial charge in [0.1, 0.15) is 9.84 Å². The summed E-state index contributed by atoms with van der Waals surface area (Å²) < 4.78 is 25.2. The van der Waals surface area contributed by atoms with Crippen molar-refractivity contribution in [3.05, 3.63) is 32.7 Å². The summed E-state index contributed by atoms with van der Waals surface area (Å²) >= 11 is 6.86. The molecule has 0 heterocycles. The van der Waals surface area contributed by atoms with Crippen LogP contribution in [0.3, 0.4) is 0 Å². The highest BCUT2D eigenvalue weighted by atomic mass is 79.9. The van der Waals surface area contributed by atoms with Crippen LogP contribution in [0.15, 0.2) is 27.1 Å². The van der Waals surface area contributed by atoms with E-state index in [1.54, 1.807) is 0 Å². The van der Waals surface area contributed by atoms with Crippen LogP contribution in [0.4, 0.5) is 0 Å². The maximum atomic E-state index is 11.7. The Morgan fingerprint density at radius 3 is 2.65 bits per heavy atom. The fourth-order valence-electron chi connectivity index (χ4n) is 2.85. The molecule has 0 aromatic heterocycles. The number of rotatable bonds is 3. The third-order valence-electron chi connectivity index (χ3n) is 4.00. The number of halogens is 2. The quantitative estimate of drug-likeness (QED) is 0.799. The summed E-state index contributed by atoms with van der Waals surface area (Å²) in [6.07, 6.45) is 3.63. The maximum Gasteiger partial charge on any atom is 0.150 e. The molecule has 1 aliphatic rings. The first-order valence-electron chi connectivity index (χ1n) is 6.61. The number of sulfone groups is 1. The summed E-state index contributed by atoms with van der Waals surface area (Å²) in [6.45, 7) is 0. The van der Waals surface area contributed by atoms with Crippen molar-refractivity contribution in [1.29, 1.82) is 0 Å². The molecule has 1 aliphatic carbocycles. The van der Waals surface area contributed by atoms with E-state index in [1.807, 2.05) is 18.2 Å². The smallest absolute Gasteiger partial charge is 0.150 e. The maximum absolute atomic E-state index is 11.7. The third-order valence-corrected chi connectivity index (χ3v) is 6.85.